The van der Waals surface area contributed by atoms with Crippen LogP contribution in [0.4, 0.5) is 17.1 Å². The number of nitro groups is 2. The third-order valence-corrected chi connectivity index (χ3v) is 4.63. The number of carbonyl (C=O) groups excluding carboxylic acids is 1. The van der Waals surface area contributed by atoms with Crippen molar-refractivity contribution in [3.8, 4) is 17.4 Å². The van der Waals surface area contributed by atoms with Crippen molar-refractivity contribution in [1.82, 2.24) is 9.78 Å². The Bertz CT molecular complexity index is 1220. The number of non-ortho nitro benzene ring substituents is 1. The van der Waals surface area contributed by atoms with Gasteiger partial charge < -0.3 is 14.8 Å². The van der Waals surface area contributed by atoms with Crippen LogP contribution in [0.5, 0.6) is 17.4 Å². The molecule has 2 aromatic carbocycles. The highest BCUT2D eigenvalue weighted by molar-refractivity contribution is 5.91. The molecule has 1 aromatic heterocycles. The van der Waals surface area contributed by atoms with E-state index in [9.17, 15) is 25.0 Å². The van der Waals surface area contributed by atoms with Crippen LogP contribution in [-0.2, 0) is 11.3 Å². The number of nitro benzene ring substituents is 1. The van der Waals surface area contributed by atoms with E-state index in [1.807, 2.05) is 32.0 Å². The zero-order valence-electron chi connectivity index (χ0n) is 18.1. The molecule has 3 aromatic rings. The van der Waals surface area contributed by atoms with E-state index in [0.717, 1.165) is 17.3 Å². The van der Waals surface area contributed by atoms with Crippen LogP contribution in [0, 0.1) is 34.1 Å². The van der Waals surface area contributed by atoms with Crippen molar-refractivity contribution in [2.75, 3.05) is 12.4 Å². The van der Waals surface area contributed by atoms with Crippen LogP contribution in [-0.4, -0.2) is 32.6 Å². The van der Waals surface area contributed by atoms with Gasteiger partial charge in [0.2, 0.25) is 5.91 Å². The molecule has 0 spiro atoms. The topological polar surface area (TPSA) is 152 Å². The van der Waals surface area contributed by atoms with E-state index in [-0.39, 0.29) is 41.7 Å². The summed E-state index contributed by atoms with van der Waals surface area (Å²) in [5.74, 6) is 0.111. The van der Waals surface area contributed by atoms with Crippen molar-refractivity contribution in [2.45, 2.75) is 26.8 Å². The number of rotatable bonds is 9. The van der Waals surface area contributed by atoms with Crippen LogP contribution >= 0.6 is 0 Å². The zero-order valence-corrected chi connectivity index (χ0v) is 18.1. The minimum atomic E-state index is -0.636. The molecule has 0 aliphatic carbocycles. The summed E-state index contributed by atoms with van der Waals surface area (Å²) in [6.07, 6.45) is 1.08. The van der Waals surface area contributed by atoms with Gasteiger partial charge in [-0.1, -0.05) is 12.1 Å². The number of amides is 1. The van der Waals surface area contributed by atoms with Crippen LogP contribution in [0.1, 0.15) is 17.5 Å². The highest BCUT2D eigenvalue weighted by Gasteiger charge is 2.20. The van der Waals surface area contributed by atoms with Crippen LogP contribution in [0.3, 0.4) is 0 Å². The van der Waals surface area contributed by atoms with Gasteiger partial charge in [-0.3, -0.25) is 29.7 Å². The number of nitrogens with zero attached hydrogens (tertiary/aromatic N) is 4. The number of ether oxygens (including phenoxy) is 2. The fourth-order valence-electron chi connectivity index (χ4n) is 2.98. The van der Waals surface area contributed by atoms with Crippen LogP contribution in [0.25, 0.3) is 0 Å². The molecule has 33 heavy (non-hydrogen) atoms. The van der Waals surface area contributed by atoms with Gasteiger partial charge >= 0.3 is 11.6 Å². The summed E-state index contributed by atoms with van der Waals surface area (Å²) in [4.78, 5) is 33.5. The smallest absolute Gasteiger partial charge is 0.350 e. The number of hydrogen-bond donors (Lipinski definition) is 1. The predicted octanol–water partition coefficient (Wildman–Crippen LogP) is 4.15. The highest BCUT2D eigenvalue weighted by atomic mass is 16.6. The molecule has 172 valence electrons. The van der Waals surface area contributed by atoms with Crippen molar-refractivity contribution in [2.24, 2.45) is 0 Å². The molecule has 3 rings (SSSR count). The second-order valence-corrected chi connectivity index (χ2v) is 7.19. The molecule has 1 amide bonds. The van der Waals surface area contributed by atoms with Crippen LogP contribution < -0.4 is 14.8 Å². The van der Waals surface area contributed by atoms with Gasteiger partial charge in [0.05, 0.1) is 35.3 Å². The predicted molar refractivity (Wildman–Crippen MR) is 118 cm³/mol. The molecule has 1 heterocycles. The Hall–Kier alpha value is -4.48. The summed E-state index contributed by atoms with van der Waals surface area (Å²) in [6.45, 7) is 3.79. The first-order chi connectivity index (χ1) is 15.7. The number of carbonyl (C=O) groups is 1. The van der Waals surface area contributed by atoms with E-state index >= 15 is 0 Å². The third-order valence-electron chi connectivity index (χ3n) is 4.63. The summed E-state index contributed by atoms with van der Waals surface area (Å²) in [5, 5.41) is 28.8. The molecule has 0 saturated carbocycles. The molecule has 0 saturated heterocycles. The minimum Gasteiger partial charge on any atom is -0.475 e. The second kappa shape index (κ2) is 9.77. The lowest BCUT2D eigenvalue weighted by molar-refractivity contribution is -0.385. The minimum absolute atomic E-state index is 0.0385. The molecular formula is C21H21N5O7. The van der Waals surface area contributed by atoms with Crippen LogP contribution in [0.15, 0.2) is 42.6 Å². The van der Waals surface area contributed by atoms with Crippen LogP contribution in [0.2, 0.25) is 0 Å². The summed E-state index contributed by atoms with van der Waals surface area (Å²) >= 11 is 0. The molecular weight excluding hydrogens is 434 g/mol. The SMILES string of the molecule is COc1nn(CCC(=O)Nc2cc(Oc3cc(C)ccc3C)cc([N+](=O)[O-])c2)cc1[N+](=O)[O-]. The van der Waals surface area contributed by atoms with E-state index in [2.05, 4.69) is 10.4 Å². The maximum atomic E-state index is 12.4. The molecule has 0 fully saturated rings. The molecule has 1 N–H and O–H groups in total. The molecule has 12 heteroatoms. The molecule has 0 unspecified atom stereocenters. The largest absolute Gasteiger partial charge is 0.475 e. The average Bonchev–Trinajstić information content (AvgIpc) is 3.18. The van der Waals surface area contributed by atoms with E-state index in [1.165, 1.54) is 30.0 Å². The lowest BCUT2D eigenvalue weighted by Gasteiger charge is -2.12. The summed E-state index contributed by atoms with van der Waals surface area (Å²) in [7, 11) is 1.26. The zero-order chi connectivity index (χ0) is 24.1. The third kappa shape index (κ3) is 5.81. The summed E-state index contributed by atoms with van der Waals surface area (Å²) in [6, 6.07) is 9.57. The van der Waals surface area contributed by atoms with E-state index in [1.54, 1.807) is 0 Å². The highest BCUT2D eigenvalue weighted by Crippen LogP contribution is 2.32. The van der Waals surface area contributed by atoms with Crippen molar-refractivity contribution in [3.05, 3.63) is 74.0 Å². The number of nitrogens with one attached hydrogen (secondary N) is 1. The van der Waals surface area contributed by atoms with E-state index in [4.69, 9.17) is 9.47 Å². The summed E-state index contributed by atoms with van der Waals surface area (Å²) in [5.41, 5.74) is 1.43. The van der Waals surface area contributed by atoms with E-state index < -0.39 is 15.8 Å². The number of hydrogen-bond acceptors (Lipinski definition) is 8. The van der Waals surface area contributed by atoms with Gasteiger partial charge in [0.1, 0.15) is 17.7 Å². The maximum Gasteiger partial charge on any atom is 0.350 e. The van der Waals surface area contributed by atoms with Gasteiger partial charge in [0, 0.05) is 18.6 Å². The Morgan fingerprint density at radius 2 is 1.88 bits per heavy atom. The average molecular weight is 455 g/mol. The van der Waals surface area contributed by atoms with Crippen molar-refractivity contribution in [3.63, 3.8) is 0 Å². The first-order valence-corrected chi connectivity index (χ1v) is 9.76. The number of benzene rings is 2. The van der Waals surface area contributed by atoms with Gasteiger partial charge in [-0.05, 0) is 31.0 Å². The summed E-state index contributed by atoms with van der Waals surface area (Å²) < 4.78 is 11.9. The Balaban J connectivity index is 1.74. The van der Waals surface area contributed by atoms with E-state index in [0.29, 0.717) is 5.75 Å². The Labute approximate surface area is 188 Å². The molecule has 0 bridgehead atoms. The molecule has 12 nitrogen and oxygen atoms in total. The van der Waals surface area contributed by atoms with Gasteiger partial charge in [-0.2, -0.15) is 0 Å². The van der Waals surface area contributed by atoms with Crippen molar-refractivity contribution in [1.29, 1.82) is 0 Å². The Morgan fingerprint density at radius 1 is 1.12 bits per heavy atom. The first kappa shape index (κ1) is 23.2. The number of aryl methyl sites for hydroxylation is 3. The molecule has 0 aliphatic rings. The fourth-order valence-corrected chi connectivity index (χ4v) is 2.98. The molecule has 0 radical (unpaired) electrons. The quantitative estimate of drug-likeness (QED) is 0.373. The number of aromatic nitrogens is 2. The van der Waals surface area contributed by atoms with Gasteiger partial charge in [-0.25, -0.2) is 0 Å². The van der Waals surface area contributed by atoms with Gasteiger partial charge in [0.15, 0.2) is 0 Å². The lowest BCUT2D eigenvalue weighted by atomic mass is 10.1. The van der Waals surface area contributed by atoms with Crippen molar-refractivity contribution < 1.29 is 24.1 Å². The first-order valence-electron chi connectivity index (χ1n) is 9.76. The standard InChI is InChI=1S/C21H21N5O7/c1-13-4-5-14(2)19(8-13)33-17-10-15(9-16(11-17)25(28)29)22-20(27)6-7-24-12-18(26(30)31)21(23-24)32-3/h4-5,8-12H,6-7H2,1-3H3,(H,22,27). The number of methoxy groups -OCH3 is 1. The molecule has 0 aliphatic heterocycles. The fraction of sp³-hybridized carbons (Fsp3) is 0.238. The normalized spacial score (nSPS) is 10.5. The second-order valence-electron chi connectivity index (χ2n) is 7.19. The Morgan fingerprint density at radius 3 is 2.52 bits per heavy atom. The monoisotopic (exact) mass is 455 g/mol. The lowest BCUT2D eigenvalue weighted by Crippen LogP contribution is -2.15. The molecule has 0 atom stereocenters. The van der Waals surface area contributed by atoms with Crippen molar-refractivity contribution >= 4 is 23.0 Å². The van der Waals surface area contributed by atoms with Gasteiger partial charge in [0.25, 0.3) is 5.69 Å². The number of anilines is 1. The maximum absolute atomic E-state index is 12.4. The Kier molecular flexibility index (Phi) is 6.86. The van der Waals surface area contributed by atoms with Gasteiger partial charge in [-0.15, -0.1) is 5.10 Å².